The van der Waals surface area contributed by atoms with Crippen molar-refractivity contribution in [2.45, 2.75) is 71.4 Å². The van der Waals surface area contributed by atoms with E-state index in [-0.39, 0.29) is 0 Å². The molecule has 0 saturated carbocycles. The van der Waals surface area contributed by atoms with Crippen LogP contribution in [0.25, 0.3) is 0 Å². The van der Waals surface area contributed by atoms with Crippen LogP contribution in [-0.4, -0.2) is 54.6 Å². The van der Waals surface area contributed by atoms with Crippen LogP contribution in [0.4, 0.5) is 0 Å². The van der Waals surface area contributed by atoms with Crippen LogP contribution in [0, 0.1) is 0 Å². The molecule has 2 N–H and O–H groups in total. The van der Waals surface area contributed by atoms with E-state index in [4.69, 9.17) is 5.73 Å². The molecule has 1 aliphatic heterocycles. The number of hydrogen-bond donors (Lipinski definition) is 1. The van der Waals surface area contributed by atoms with E-state index >= 15 is 0 Å². The van der Waals surface area contributed by atoms with E-state index in [1.54, 1.807) is 0 Å². The predicted octanol–water partition coefficient (Wildman–Crippen LogP) is 2.70. The molecule has 3 nitrogen and oxygen atoms in total. The van der Waals surface area contributed by atoms with Crippen LogP contribution in [0.15, 0.2) is 0 Å². The third-order valence-electron chi connectivity index (χ3n) is 4.51. The predicted molar refractivity (Wildman–Crippen MR) is 84.5 cm³/mol. The molecule has 0 spiro atoms. The van der Waals surface area contributed by atoms with E-state index in [0.717, 1.165) is 6.54 Å². The van der Waals surface area contributed by atoms with E-state index in [1.165, 1.54) is 64.7 Å². The van der Waals surface area contributed by atoms with Crippen molar-refractivity contribution in [3.63, 3.8) is 0 Å². The van der Waals surface area contributed by atoms with Gasteiger partial charge in [0.1, 0.15) is 0 Å². The van der Waals surface area contributed by atoms with Crippen LogP contribution >= 0.6 is 0 Å². The van der Waals surface area contributed by atoms with Crippen LogP contribution < -0.4 is 5.73 Å². The molecule has 1 atom stereocenters. The van der Waals surface area contributed by atoms with Crippen LogP contribution in [-0.2, 0) is 0 Å². The van der Waals surface area contributed by atoms with Crippen molar-refractivity contribution >= 4 is 0 Å². The fourth-order valence-electron chi connectivity index (χ4n) is 3.05. The lowest BCUT2D eigenvalue weighted by Crippen LogP contribution is -2.53. The van der Waals surface area contributed by atoms with Gasteiger partial charge in [0, 0.05) is 44.8 Å². The van der Waals surface area contributed by atoms with Gasteiger partial charge >= 0.3 is 0 Å². The average Bonchev–Trinajstić information content (AvgIpc) is 2.43. The number of unbranched alkanes of at least 4 members (excludes halogenated alkanes) is 4. The number of nitrogens with two attached hydrogens (primary N) is 1. The second-order valence-electron chi connectivity index (χ2n) is 6.26. The lowest BCUT2D eigenvalue weighted by Gasteiger charge is -2.40. The summed E-state index contributed by atoms with van der Waals surface area (Å²) >= 11 is 0. The van der Waals surface area contributed by atoms with Gasteiger partial charge in [-0.05, 0) is 20.3 Å². The standard InChI is InChI=1S/C16H35N3/c1-4-5-6-7-8-9-16(14-17)19-12-10-18(11-13-19)15(2)3/h15-16H,4-14,17H2,1-3H3. The largest absolute Gasteiger partial charge is 0.329 e. The average molecular weight is 269 g/mol. The van der Waals surface area contributed by atoms with Crippen molar-refractivity contribution in [2.75, 3.05) is 32.7 Å². The molecular weight excluding hydrogens is 234 g/mol. The van der Waals surface area contributed by atoms with E-state index in [1.807, 2.05) is 0 Å². The zero-order valence-electron chi connectivity index (χ0n) is 13.4. The second kappa shape index (κ2) is 9.73. The normalized spacial score (nSPS) is 20.1. The molecule has 0 amide bonds. The highest BCUT2D eigenvalue weighted by molar-refractivity contribution is 4.80. The van der Waals surface area contributed by atoms with Crippen LogP contribution in [0.3, 0.4) is 0 Å². The Hall–Kier alpha value is -0.120. The van der Waals surface area contributed by atoms with E-state index in [2.05, 4.69) is 30.6 Å². The Balaban J connectivity index is 2.20. The molecular formula is C16H35N3. The lowest BCUT2D eigenvalue weighted by molar-refractivity contribution is 0.0766. The second-order valence-corrected chi connectivity index (χ2v) is 6.26. The third kappa shape index (κ3) is 6.24. The molecule has 0 aliphatic carbocycles. The van der Waals surface area contributed by atoms with Gasteiger partial charge in [-0.1, -0.05) is 39.0 Å². The van der Waals surface area contributed by atoms with E-state index in [0.29, 0.717) is 12.1 Å². The Bertz CT molecular complexity index is 210. The van der Waals surface area contributed by atoms with Gasteiger partial charge in [0.25, 0.3) is 0 Å². The molecule has 1 heterocycles. The highest BCUT2D eigenvalue weighted by atomic mass is 15.3. The Morgan fingerprint density at radius 3 is 2.00 bits per heavy atom. The summed E-state index contributed by atoms with van der Waals surface area (Å²) in [5.41, 5.74) is 5.98. The lowest BCUT2D eigenvalue weighted by atomic mass is 10.0. The zero-order chi connectivity index (χ0) is 14.1. The molecule has 0 aromatic rings. The summed E-state index contributed by atoms with van der Waals surface area (Å²) in [6.07, 6.45) is 8.15. The molecule has 0 aromatic carbocycles. The van der Waals surface area contributed by atoms with E-state index < -0.39 is 0 Å². The maximum Gasteiger partial charge on any atom is 0.0219 e. The van der Waals surface area contributed by atoms with Crippen molar-refractivity contribution in [1.29, 1.82) is 0 Å². The van der Waals surface area contributed by atoms with Crippen LogP contribution in [0.1, 0.15) is 59.3 Å². The smallest absolute Gasteiger partial charge is 0.0219 e. The summed E-state index contributed by atoms with van der Waals surface area (Å²) in [7, 11) is 0. The summed E-state index contributed by atoms with van der Waals surface area (Å²) in [5, 5.41) is 0. The first kappa shape index (κ1) is 16.9. The van der Waals surface area contributed by atoms with E-state index in [9.17, 15) is 0 Å². The molecule has 19 heavy (non-hydrogen) atoms. The Labute approximate surface area is 120 Å². The third-order valence-corrected chi connectivity index (χ3v) is 4.51. The summed E-state index contributed by atoms with van der Waals surface area (Å²) in [5.74, 6) is 0. The van der Waals surface area contributed by atoms with Crippen molar-refractivity contribution < 1.29 is 0 Å². The maximum absolute atomic E-state index is 5.98. The van der Waals surface area contributed by atoms with Crippen molar-refractivity contribution in [3.05, 3.63) is 0 Å². The Morgan fingerprint density at radius 2 is 1.47 bits per heavy atom. The maximum atomic E-state index is 5.98. The molecule has 1 saturated heterocycles. The number of nitrogens with zero attached hydrogens (tertiary/aromatic N) is 2. The molecule has 3 heteroatoms. The van der Waals surface area contributed by atoms with Crippen LogP contribution in [0.5, 0.6) is 0 Å². The highest BCUT2D eigenvalue weighted by Gasteiger charge is 2.23. The molecule has 1 rings (SSSR count). The van der Waals surface area contributed by atoms with Gasteiger partial charge in [0.2, 0.25) is 0 Å². The summed E-state index contributed by atoms with van der Waals surface area (Å²) < 4.78 is 0. The number of hydrogen-bond acceptors (Lipinski definition) is 3. The summed E-state index contributed by atoms with van der Waals surface area (Å²) in [6, 6.07) is 1.31. The van der Waals surface area contributed by atoms with Gasteiger partial charge in [-0.3, -0.25) is 9.80 Å². The molecule has 0 aromatic heterocycles. The zero-order valence-corrected chi connectivity index (χ0v) is 13.4. The molecule has 1 unspecified atom stereocenters. The fourth-order valence-corrected chi connectivity index (χ4v) is 3.05. The molecule has 1 fully saturated rings. The summed E-state index contributed by atoms with van der Waals surface area (Å²) in [4.78, 5) is 5.20. The first-order chi connectivity index (χ1) is 9.19. The molecule has 0 radical (unpaired) electrons. The monoisotopic (exact) mass is 269 g/mol. The molecule has 1 aliphatic rings. The quantitative estimate of drug-likeness (QED) is 0.653. The van der Waals surface area contributed by atoms with Crippen molar-refractivity contribution in [1.82, 2.24) is 9.80 Å². The first-order valence-electron chi connectivity index (χ1n) is 8.37. The Morgan fingerprint density at radius 1 is 0.895 bits per heavy atom. The molecule has 114 valence electrons. The molecule has 0 bridgehead atoms. The van der Waals surface area contributed by atoms with Crippen LogP contribution in [0.2, 0.25) is 0 Å². The van der Waals surface area contributed by atoms with Gasteiger partial charge < -0.3 is 5.73 Å². The van der Waals surface area contributed by atoms with Gasteiger partial charge in [-0.2, -0.15) is 0 Å². The van der Waals surface area contributed by atoms with Gasteiger partial charge in [0.05, 0.1) is 0 Å². The minimum absolute atomic E-state index is 0.621. The van der Waals surface area contributed by atoms with Crippen molar-refractivity contribution in [3.8, 4) is 0 Å². The van der Waals surface area contributed by atoms with Crippen molar-refractivity contribution in [2.24, 2.45) is 5.73 Å². The van der Waals surface area contributed by atoms with Gasteiger partial charge in [0.15, 0.2) is 0 Å². The number of rotatable bonds is 9. The topological polar surface area (TPSA) is 32.5 Å². The minimum atomic E-state index is 0.621. The highest BCUT2D eigenvalue weighted by Crippen LogP contribution is 2.14. The van der Waals surface area contributed by atoms with Gasteiger partial charge in [-0.25, -0.2) is 0 Å². The SMILES string of the molecule is CCCCCCCC(CN)N1CCN(C(C)C)CC1. The number of piperazine rings is 1. The summed E-state index contributed by atoms with van der Waals surface area (Å²) in [6.45, 7) is 12.5. The minimum Gasteiger partial charge on any atom is -0.329 e. The first-order valence-corrected chi connectivity index (χ1v) is 8.37. The Kier molecular flexibility index (Phi) is 8.67. The fraction of sp³-hybridized carbons (Fsp3) is 1.00. The van der Waals surface area contributed by atoms with Gasteiger partial charge in [-0.15, -0.1) is 0 Å².